The highest BCUT2D eigenvalue weighted by atomic mass is 35.5. The van der Waals surface area contributed by atoms with E-state index in [1.165, 1.54) is 5.56 Å². The molecule has 0 saturated carbocycles. The molecule has 0 aliphatic heterocycles. The monoisotopic (exact) mass is 432 g/mol. The Kier molecular flexibility index (Phi) is 8.37. The average Bonchev–Trinajstić information content (AvgIpc) is 3.30. The first-order valence-electron chi connectivity index (χ1n) is 9.80. The number of aryl methyl sites for hydroxylation is 2. The van der Waals surface area contributed by atoms with Crippen molar-refractivity contribution in [1.29, 1.82) is 0 Å². The molecule has 0 aliphatic rings. The second kappa shape index (κ2) is 11.4. The molecule has 4 aromatic rings. The predicted molar refractivity (Wildman–Crippen MR) is 130 cm³/mol. The Hall–Kier alpha value is -2.75. The van der Waals surface area contributed by atoms with Crippen LogP contribution in [0.15, 0.2) is 110 Å². The Morgan fingerprint density at radius 3 is 1.90 bits per heavy atom. The van der Waals surface area contributed by atoms with Gasteiger partial charge in [0.1, 0.15) is 0 Å². The fourth-order valence-corrected chi connectivity index (χ4v) is 3.70. The van der Waals surface area contributed by atoms with E-state index in [1.54, 1.807) is 0 Å². The molecule has 0 N–H and O–H groups in total. The van der Waals surface area contributed by atoms with Crippen molar-refractivity contribution < 1.29 is 0 Å². The highest BCUT2D eigenvalue weighted by Gasteiger charge is 2.19. The topological polar surface area (TPSA) is 17.8 Å². The van der Waals surface area contributed by atoms with E-state index in [4.69, 9.17) is 23.2 Å². The van der Waals surface area contributed by atoms with Gasteiger partial charge in [-0.05, 0) is 24.1 Å². The van der Waals surface area contributed by atoms with Gasteiger partial charge in [0.2, 0.25) is 6.71 Å². The van der Waals surface area contributed by atoms with Crippen molar-refractivity contribution in [3.05, 3.63) is 126 Å². The third-order valence-electron chi connectivity index (χ3n) is 4.78. The Labute approximate surface area is 188 Å². The number of halogens is 2. The van der Waals surface area contributed by atoms with Crippen molar-refractivity contribution in [2.45, 2.75) is 13.0 Å². The van der Waals surface area contributed by atoms with E-state index in [0.29, 0.717) is 0 Å². The van der Waals surface area contributed by atoms with Gasteiger partial charge in [-0.2, -0.15) is 0 Å². The minimum atomic E-state index is 0.0254. The van der Waals surface area contributed by atoms with E-state index in [9.17, 15) is 0 Å². The maximum atomic E-state index is 6.21. The van der Waals surface area contributed by atoms with E-state index in [-0.39, 0.29) is 6.71 Å². The highest BCUT2D eigenvalue weighted by molar-refractivity contribution is 6.91. The lowest BCUT2D eigenvalue weighted by atomic mass is 9.41. The molecule has 5 heteroatoms. The molecule has 0 aliphatic carbocycles. The van der Waals surface area contributed by atoms with E-state index in [0.717, 1.165) is 33.9 Å². The number of hydrogen-bond donors (Lipinski definition) is 0. The van der Waals surface area contributed by atoms with Gasteiger partial charge in [-0.15, -0.1) is 12.6 Å². The fourth-order valence-electron chi connectivity index (χ4n) is 3.20. The van der Waals surface area contributed by atoms with E-state index < -0.39 is 0 Å². The molecular weight excluding hydrogens is 410 g/mol. The van der Waals surface area contributed by atoms with Crippen LogP contribution in [-0.2, 0) is 13.0 Å². The molecule has 0 unspecified atom stereocenters. The fraction of sp³-hybridized carbons (Fsp3) is 0.0800. The molecule has 0 fully saturated rings. The van der Waals surface area contributed by atoms with Gasteiger partial charge in [0.15, 0.2) is 0 Å². The van der Waals surface area contributed by atoms with Crippen LogP contribution in [0.4, 0.5) is 0 Å². The Balaban J connectivity index is 0.000000177. The van der Waals surface area contributed by atoms with Crippen molar-refractivity contribution in [1.82, 2.24) is 9.55 Å². The van der Waals surface area contributed by atoms with Crippen LogP contribution in [-0.4, -0.2) is 16.3 Å². The van der Waals surface area contributed by atoms with Gasteiger partial charge < -0.3 is 4.57 Å². The Morgan fingerprint density at radius 1 is 0.833 bits per heavy atom. The highest BCUT2D eigenvalue weighted by Crippen LogP contribution is 2.10. The summed E-state index contributed by atoms with van der Waals surface area (Å²) in [7, 11) is 0. The van der Waals surface area contributed by atoms with Gasteiger partial charge in [0.25, 0.3) is 0 Å². The van der Waals surface area contributed by atoms with Crippen LogP contribution in [0.2, 0.25) is 10.0 Å². The average molecular weight is 433 g/mol. The molecule has 0 spiro atoms. The predicted octanol–water partition coefficient (Wildman–Crippen LogP) is 5.45. The summed E-state index contributed by atoms with van der Waals surface area (Å²) in [6.07, 6.45) is 6.72. The second-order valence-corrected chi connectivity index (χ2v) is 7.61. The van der Waals surface area contributed by atoms with Crippen molar-refractivity contribution in [2.75, 3.05) is 0 Å². The molecule has 2 nitrogen and oxygen atoms in total. The number of rotatable bonds is 6. The molecule has 3 aromatic carbocycles. The Bertz CT molecular complexity index is 1000. The largest absolute Gasteiger partial charge is 0.337 e. The lowest BCUT2D eigenvalue weighted by molar-refractivity contribution is 0.696. The first-order chi connectivity index (χ1) is 14.7. The third-order valence-corrected chi connectivity index (χ3v) is 5.47. The van der Waals surface area contributed by atoms with Crippen LogP contribution in [0.5, 0.6) is 0 Å². The van der Waals surface area contributed by atoms with Gasteiger partial charge in [0, 0.05) is 29.0 Å². The zero-order chi connectivity index (χ0) is 21.2. The van der Waals surface area contributed by atoms with E-state index >= 15 is 0 Å². The van der Waals surface area contributed by atoms with E-state index in [2.05, 4.69) is 40.4 Å². The molecule has 1 aromatic heterocycles. The number of aromatic nitrogens is 2. The first-order valence-corrected chi connectivity index (χ1v) is 10.6. The van der Waals surface area contributed by atoms with Crippen LogP contribution in [0.3, 0.4) is 0 Å². The maximum Gasteiger partial charge on any atom is 0.237 e. The molecule has 0 atom stereocenters. The zero-order valence-corrected chi connectivity index (χ0v) is 18.2. The summed E-state index contributed by atoms with van der Waals surface area (Å²) in [4.78, 5) is 4.00. The SMILES string of the molecule is C=CB(c1ccccc1Cl)c1ccccc1Cl.c1ccc(CCn2ccnc2)cc1. The molecule has 0 amide bonds. The summed E-state index contributed by atoms with van der Waals surface area (Å²) in [6, 6.07) is 26.0. The van der Waals surface area contributed by atoms with Crippen LogP contribution < -0.4 is 10.9 Å². The smallest absolute Gasteiger partial charge is 0.237 e. The van der Waals surface area contributed by atoms with Gasteiger partial charge in [-0.1, -0.05) is 101 Å². The lowest BCUT2D eigenvalue weighted by Gasteiger charge is -2.13. The molecule has 0 saturated heterocycles. The van der Waals surface area contributed by atoms with Gasteiger partial charge >= 0.3 is 0 Å². The molecule has 30 heavy (non-hydrogen) atoms. The van der Waals surface area contributed by atoms with Crippen molar-refractivity contribution in [3.8, 4) is 0 Å². The molecule has 4 rings (SSSR count). The second-order valence-electron chi connectivity index (χ2n) is 6.79. The Morgan fingerprint density at radius 2 is 1.40 bits per heavy atom. The minimum Gasteiger partial charge on any atom is -0.337 e. The normalized spacial score (nSPS) is 10.1. The molecule has 0 bridgehead atoms. The number of imidazole rings is 1. The maximum absolute atomic E-state index is 6.21. The molecule has 1 heterocycles. The summed E-state index contributed by atoms with van der Waals surface area (Å²) < 4.78 is 2.09. The summed E-state index contributed by atoms with van der Waals surface area (Å²) in [6.45, 7) is 4.91. The van der Waals surface area contributed by atoms with Crippen LogP contribution in [0.25, 0.3) is 0 Å². The molecule has 150 valence electrons. The summed E-state index contributed by atoms with van der Waals surface area (Å²) >= 11 is 12.4. The standard InChI is InChI=1S/C14H11BCl2.C11H12N2/c1-2-15(11-7-3-5-9-13(11)16)12-8-4-6-10-14(12)17;1-2-4-11(5-3-1)6-8-13-9-7-12-10-13/h2-10H,1H2;1-5,7,9-10H,6,8H2. The van der Waals surface area contributed by atoms with Crippen LogP contribution >= 0.6 is 23.2 Å². The van der Waals surface area contributed by atoms with Crippen molar-refractivity contribution >= 4 is 40.8 Å². The molecular formula is C25H23BCl2N2. The summed E-state index contributed by atoms with van der Waals surface area (Å²) in [5, 5.41) is 1.47. The van der Waals surface area contributed by atoms with Crippen LogP contribution in [0.1, 0.15) is 5.56 Å². The first kappa shape index (κ1) is 22.0. The van der Waals surface area contributed by atoms with Gasteiger partial charge in [-0.3, -0.25) is 0 Å². The van der Waals surface area contributed by atoms with Crippen molar-refractivity contribution in [3.63, 3.8) is 0 Å². The number of benzene rings is 3. The zero-order valence-electron chi connectivity index (χ0n) is 16.7. The lowest BCUT2D eigenvalue weighted by Crippen LogP contribution is -2.41. The van der Waals surface area contributed by atoms with E-state index in [1.807, 2.05) is 79.3 Å². The quantitative estimate of drug-likeness (QED) is 0.370. The van der Waals surface area contributed by atoms with Crippen LogP contribution in [0, 0.1) is 0 Å². The number of nitrogens with zero attached hydrogens (tertiary/aromatic N) is 2. The number of hydrogen-bond acceptors (Lipinski definition) is 1. The summed E-state index contributed by atoms with van der Waals surface area (Å²) in [5.41, 5.74) is 3.42. The summed E-state index contributed by atoms with van der Waals surface area (Å²) in [5.74, 6) is 1.86. The minimum absolute atomic E-state index is 0.0254. The van der Waals surface area contributed by atoms with Crippen molar-refractivity contribution in [2.24, 2.45) is 0 Å². The van der Waals surface area contributed by atoms with Gasteiger partial charge in [-0.25, -0.2) is 4.98 Å². The van der Waals surface area contributed by atoms with Gasteiger partial charge in [0.05, 0.1) is 6.33 Å². The third kappa shape index (κ3) is 6.12. The molecule has 0 radical (unpaired) electrons.